The van der Waals surface area contributed by atoms with Crippen molar-refractivity contribution in [2.75, 3.05) is 24.7 Å². The van der Waals surface area contributed by atoms with Crippen molar-refractivity contribution in [1.29, 1.82) is 0 Å². The number of nitrogens with one attached hydrogen (secondary N) is 1. The Hall–Kier alpha value is -2.09. The van der Waals surface area contributed by atoms with Gasteiger partial charge in [0.15, 0.2) is 0 Å². The molecule has 7 nitrogen and oxygen atoms in total. The number of amides is 1. The monoisotopic (exact) mass is 536 g/mol. The molecule has 0 aliphatic carbocycles. The molecule has 1 fully saturated rings. The van der Waals surface area contributed by atoms with Crippen LogP contribution in [0.15, 0.2) is 47.6 Å². The molecule has 1 radical (unpaired) electrons. The Kier molecular flexibility index (Phi) is 9.40. The van der Waals surface area contributed by atoms with Gasteiger partial charge in [-0.3, -0.25) is 20.0 Å². The van der Waals surface area contributed by atoms with Crippen LogP contribution in [0.4, 0.5) is 5.69 Å². The van der Waals surface area contributed by atoms with E-state index in [0.717, 1.165) is 29.7 Å². The zero-order chi connectivity index (χ0) is 23.4. The third-order valence-electron chi connectivity index (χ3n) is 6.20. The molecule has 2 unspecified atom stereocenters. The number of piperidine rings is 1. The van der Waals surface area contributed by atoms with Crippen molar-refractivity contribution in [3.8, 4) is 0 Å². The number of benzene rings is 2. The number of hydrogen-bond donors (Lipinski definition) is 1. The molecule has 2 aliphatic rings. The van der Waals surface area contributed by atoms with Gasteiger partial charge in [0.2, 0.25) is 0 Å². The van der Waals surface area contributed by atoms with Crippen LogP contribution in [0.5, 0.6) is 0 Å². The van der Waals surface area contributed by atoms with E-state index in [4.69, 9.17) is 9.84 Å². The minimum atomic E-state index is -0.223. The standard InChI is InChI=1S/C26H31N4O3.Y/c1-4-33-26(32)21-11-8-14-29(17-21)28-25(31)22-16-24(20-9-6-5-7-10-20)30(27-22)23-13-12-18(2)15-19(23)3;/h6-7,9-10,12-13,15,21,24H,4,8,11,14,16-17H2,1-3H3,(H,28,31);/q-1;. The van der Waals surface area contributed by atoms with Crippen molar-refractivity contribution in [3.63, 3.8) is 0 Å². The molecule has 1 amide bonds. The van der Waals surface area contributed by atoms with E-state index in [-0.39, 0.29) is 56.5 Å². The molecule has 0 bridgehead atoms. The number of rotatable bonds is 6. The fourth-order valence-corrected chi connectivity index (χ4v) is 4.55. The van der Waals surface area contributed by atoms with Crippen LogP contribution in [-0.4, -0.2) is 42.3 Å². The fraction of sp³-hybridized carbons (Fsp3) is 0.423. The van der Waals surface area contributed by atoms with E-state index in [0.29, 0.717) is 31.8 Å². The van der Waals surface area contributed by atoms with Gasteiger partial charge in [0.25, 0.3) is 5.91 Å². The summed E-state index contributed by atoms with van der Waals surface area (Å²) in [4.78, 5) is 25.3. The predicted molar refractivity (Wildman–Crippen MR) is 128 cm³/mol. The summed E-state index contributed by atoms with van der Waals surface area (Å²) >= 11 is 0. The zero-order valence-corrected chi connectivity index (χ0v) is 22.9. The molecule has 2 atom stereocenters. The van der Waals surface area contributed by atoms with Crippen LogP contribution >= 0.6 is 0 Å². The average molecular weight is 536 g/mol. The fourth-order valence-electron chi connectivity index (χ4n) is 4.55. The summed E-state index contributed by atoms with van der Waals surface area (Å²) in [5.74, 6) is -0.638. The number of aryl methyl sites for hydroxylation is 2. The predicted octanol–water partition coefficient (Wildman–Crippen LogP) is 3.71. The molecule has 177 valence electrons. The summed E-state index contributed by atoms with van der Waals surface area (Å²) < 4.78 is 5.17. The van der Waals surface area contributed by atoms with Gasteiger partial charge in [0, 0.05) is 52.2 Å². The van der Waals surface area contributed by atoms with Gasteiger partial charge in [-0.2, -0.15) is 35.4 Å². The SMILES string of the molecule is CCOC(=O)C1CCCN(NC(=O)C2=NN(c3ccc(C)cc3C)C(c3cc[c-]cc3)C2)C1.[Y]. The third-order valence-corrected chi connectivity index (χ3v) is 6.20. The van der Waals surface area contributed by atoms with E-state index in [1.807, 2.05) is 34.3 Å². The Morgan fingerprint density at radius 1 is 1.21 bits per heavy atom. The average Bonchev–Trinajstić information content (AvgIpc) is 3.25. The molecule has 1 saturated heterocycles. The second-order valence-electron chi connectivity index (χ2n) is 8.71. The molecule has 2 aromatic carbocycles. The van der Waals surface area contributed by atoms with Gasteiger partial charge >= 0.3 is 5.97 Å². The van der Waals surface area contributed by atoms with Gasteiger partial charge in [-0.25, -0.2) is 5.01 Å². The molecule has 0 saturated carbocycles. The van der Waals surface area contributed by atoms with Crippen LogP contribution in [0, 0.1) is 25.8 Å². The molecule has 2 aromatic rings. The Labute approximate surface area is 226 Å². The molecule has 1 N–H and O–H groups in total. The number of hydrazine groups is 1. The largest absolute Gasteiger partial charge is 0.466 e. The summed E-state index contributed by atoms with van der Waals surface area (Å²) in [6.07, 6.45) is 2.10. The number of nitrogens with zero attached hydrogens (tertiary/aromatic N) is 3. The van der Waals surface area contributed by atoms with E-state index in [1.165, 1.54) is 5.56 Å². The quantitative estimate of drug-likeness (QED) is 0.450. The van der Waals surface area contributed by atoms with Gasteiger partial charge in [-0.1, -0.05) is 17.7 Å². The Balaban J connectivity index is 0.00000324. The number of anilines is 1. The van der Waals surface area contributed by atoms with Crippen LogP contribution < -0.4 is 10.4 Å². The molecule has 34 heavy (non-hydrogen) atoms. The smallest absolute Gasteiger partial charge is 0.310 e. The first kappa shape index (κ1) is 26.5. The van der Waals surface area contributed by atoms with Gasteiger partial charge in [-0.05, 0) is 45.2 Å². The number of carbonyl (C=O) groups is 2. The number of carbonyl (C=O) groups excluding carboxylic acids is 2. The van der Waals surface area contributed by atoms with Gasteiger partial charge < -0.3 is 4.74 Å². The first-order chi connectivity index (χ1) is 16.0. The summed E-state index contributed by atoms with van der Waals surface area (Å²) in [5.41, 5.74) is 7.82. The van der Waals surface area contributed by atoms with Crippen LogP contribution in [0.25, 0.3) is 0 Å². The maximum atomic E-state index is 13.2. The molecular weight excluding hydrogens is 505 g/mol. The minimum Gasteiger partial charge on any atom is -0.466 e. The Morgan fingerprint density at radius 3 is 2.68 bits per heavy atom. The Bertz CT molecular complexity index is 1040. The number of esters is 1. The third kappa shape index (κ3) is 6.12. The maximum absolute atomic E-state index is 13.2. The van der Waals surface area contributed by atoms with Crippen molar-refractivity contribution in [1.82, 2.24) is 10.4 Å². The van der Waals surface area contributed by atoms with Crippen molar-refractivity contribution < 1.29 is 47.0 Å². The van der Waals surface area contributed by atoms with Crippen LogP contribution in [0.3, 0.4) is 0 Å². The van der Waals surface area contributed by atoms with E-state index in [1.54, 1.807) is 6.92 Å². The number of hydrogen-bond acceptors (Lipinski definition) is 6. The Morgan fingerprint density at radius 2 is 1.97 bits per heavy atom. The van der Waals surface area contributed by atoms with Crippen LogP contribution in [0.1, 0.15) is 48.9 Å². The molecule has 4 rings (SSSR count). The molecular formula is C26H31N4O3Y-. The van der Waals surface area contributed by atoms with Crippen molar-refractivity contribution in [2.24, 2.45) is 11.0 Å². The molecule has 0 spiro atoms. The summed E-state index contributed by atoms with van der Waals surface area (Å²) in [6.45, 7) is 7.46. The van der Waals surface area contributed by atoms with Crippen molar-refractivity contribution in [3.05, 3.63) is 65.2 Å². The summed E-state index contributed by atoms with van der Waals surface area (Å²) in [7, 11) is 0. The topological polar surface area (TPSA) is 74.2 Å². The maximum Gasteiger partial charge on any atom is 0.310 e. The normalized spacial score (nSPS) is 20.3. The summed E-state index contributed by atoms with van der Waals surface area (Å²) in [5, 5.41) is 8.54. The molecule has 8 heteroatoms. The van der Waals surface area contributed by atoms with E-state index in [2.05, 4.69) is 43.5 Å². The second kappa shape index (κ2) is 12.0. The number of hydrazone groups is 1. The van der Waals surface area contributed by atoms with Crippen molar-refractivity contribution in [2.45, 2.75) is 46.1 Å². The van der Waals surface area contributed by atoms with Crippen LogP contribution in [-0.2, 0) is 47.0 Å². The number of ether oxygens (including phenoxy) is 1. The van der Waals surface area contributed by atoms with E-state index < -0.39 is 0 Å². The van der Waals surface area contributed by atoms with E-state index in [9.17, 15) is 9.59 Å². The van der Waals surface area contributed by atoms with Crippen molar-refractivity contribution >= 4 is 23.3 Å². The van der Waals surface area contributed by atoms with E-state index >= 15 is 0 Å². The molecule has 0 aromatic heterocycles. The molecule has 2 heterocycles. The minimum absolute atomic E-state index is 0. The van der Waals surface area contributed by atoms with Gasteiger partial charge in [-0.15, -0.1) is 5.56 Å². The van der Waals surface area contributed by atoms with Gasteiger partial charge in [0.1, 0.15) is 5.71 Å². The molecule has 2 aliphatic heterocycles. The first-order valence-electron chi connectivity index (χ1n) is 11.6. The second-order valence-corrected chi connectivity index (χ2v) is 8.71. The van der Waals surface area contributed by atoms with Gasteiger partial charge in [0.05, 0.1) is 24.3 Å². The zero-order valence-electron chi connectivity index (χ0n) is 20.1. The summed E-state index contributed by atoms with van der Waals surface area (Å²) in [6, 6.07) is 17.1. The van der Waals surface area contributed by atoms with Crippen LogP contribution in [0.2, 0.25) is 0 Å². The first-order valence-corrected chi connectivity index (χ1v) is 11.6.